The lowest BCUT2D eigenvalue weighted by Crippen LogP contribution is -1.95. The fourth-order valence-electron chi connectivity index (χ4n) is 2.08. The van der Waals surface area contributed by atoms with Crippen molar-refractivity contribution in [3.8, 4) is 17.3 Å². The van der Waals surface area contributed by atoms with Crippen LogP contribution in [0, 0.1) is 6.92 Å². The third-order valence-electron chi connectivity index (χ3n) is 2.93. The van der Waals surface area contributed by atoms with Crippen molar-refractivity contribution >= 4 is 5.52 Å². The van der Waals surface area contributed by atoms with Gasteiger partial charge in [-0.05, 0) is 31.2 Å². The summed E-state index contributed by atoms with van der Waals surface area (Å²) in [5, 5.41) is 0. The summed E-state index contributed by atoms with van der Waals surface area (Å²) >= 11 is 0. The van der Waals surface area contributed by atoms with E-state index in [1.807, 2.05) is 47.9 Å². The molecule has 0 radical (unpaired) electrons. The van der Waals surface area contributed by atoms with Gasteiger partial charge in [-0.15, -0.1) is 0 Å². The third-order valence-corrected chi connectivity index (χ3v) is 2.93. The maximum atomic E-state index is 5.34. The van der Waals surface area contributed by atoms with Gasteiger partial charge in [0.1, 0.15) is 11.4 Å². The predicted molar refractivity (Wildman–Crippen MR) is 69.7 cm³/mol. The van der Waals surface area contributed by atoms with E-state index in [0.29, 0.717) is 0 Å². The summed E-state index contributed by atoms with van der Waals surface area (Å²) in [4.78, 5) is 8.96. The maximum Gasteiger partial charge on any atom is 0.167 e. The van der Waals surface area contributed by atoms with Gasteiger partial charge < -0.3 is 4.74 Å². The number of aromatic nitrogens is 3. The summed E-state index contributed by atoms with van der Waals surface area (Å²) in [6.07, 6.45) is 3.73. The minimum atomic E-state index is 0.730. The molecule has 4 heteroatoms. The van der Waals surface area contributed by atoms with E-state index in [1.54, 1.807) is 13.3 Å². The molecular formula is C14H13N3O. The van der Waals surface area contributed by atoms with Crippen LogP contribution in [0.4, 0.5) is 0 Å². The SMILES string of the molecule is COc1cccnc1-c1nc(C)c2ccccn12. The van der Waals surface area contributed by atoms with Gasteiger partial charge in [-0.25, -0.2) is 9.97 Å². The van der Waals surface area contributed by atoms with Gasteiger partial charge in [0.2, 0.25) is 0 Å². The smallest absolute Gasteiger partial charge is 0.167 e. The van der Waals surface area contributed by atoms with Crippen LogP contribution in [-0.2, 0) is 0 Å². The molecule has 3 aromatic rings. The lowest BCUT2D eigenvalue weighted by atomic mass is 10.3. The first-order valence-corrected chi connectivity index (χ1v) is 5.74. The number of pyridine rings is 2. The standard InChI is InChI=1S/C14H13N3O/c1-10-11-6-3-4-9-17(11)14(16-10)13-12(18-2)7-5-8-15-13/h3-9H,1-2H3. The first-order valence-electron chi connectivity index (χ1n) is 5.74. The molecule has 0 atom stereocenters. The highest BCUT2D eigenvalue weighted by molar-refractivity contribution is 5.66. The van der Waals surface area contributed by atoms with Crippen molar-refractivity contribution in [3.63, 3.8) is 0 Å². The Balaban J connectivity index is 2.32. The van der Waals surface area contributed by atoms with Gasteiger partial charge in [-0.1, -0.05) is 6.07 Å². The zero-order valence-electron chi connectivity index (χ0n) is 10.3. The van der Waals surface area contributed by atoms with E-state index in [4.69, 9.17) is 4.74 Å². The quantitative estimate of drug-likeness (QED) is 0.690. The molecule has 0 spiro atoms. The molecule has 0 saturated carbocycles. The second kappa shape index (κ2) is 4.14. The largest absolute Gasteiger partial charge is 0.494 e. The normalized spacial score (nSPS) is 10.8. The number of nitrogens with zero attached hydrogens (tertiary/aromatic N) is 3. The van der Waals surface area contributed by atoms with Crippen LogP contribution in [0.5, 0.6) is 5.75 Å². The fraction of sp³-hybridized carbons (Fsp3) is 0.143. The molecule has 3 heterocycles. The Morgan fingerprint density at radius 2 is 2.06 bits per heavy atom. The van der Waals surface area contributed by atoms with E-state index in [2.05, 4.69) is 9.97 Å². The molecule has 0 aliphatic rings. The molecule has 0 unspecified atom stereocenters. The zero-order chi connectivity index (χ0) is 12.5. The molecule has 0 bridgehead atoms. The van der Waals surface area contributed by atoms with E-state index < -0.39 is 0 Å². The highest BCUT2D eigenvalue weighted by Crippen LogP contribution is 2.27. The summed E-state index contributed by atoms with van der Waals surface area (Å²) in [6.45, 7) is 1.99. The maximum absolute atomic E-state index is 5.34. The molecule has 0 N–H and O–H groups in total. The van der Waals surface area contributed by atoms with Crippen LogP contribution in [0.25, 0.3) is 17.0 Å². The summed E-state index contributed by atoms with van der Waals surface area (Å²) in [7, 11) is 1.64. The summed E-state index contributed by atoms with van der Waals surface area (Å²) < 4.78 is 7.37. The molecule has 90 valence electrons. The number of fused-ring (bicyclic) bond motifs is 1. The number of imidazole rings is 1. The van der Waals surface area contributed by atoms with E-state index in [-0.39, 0.29) is 0 Å². The molecule has 18 heavy (non-hydrogen) atoms. The Morgan fingerprint density at radius 1 is 1.17 bits per heavy atom. The van der Waals surface area contributed by atoms with E-state index in [9.17, 15) is 0 Å². The molecule has 0 amide bonds. The first kappa shape index (κ1) is 10.8. The number of aryl methyl sites for hydroxylation is 1. The number of ether oxygens (including phenoxy) is 1. The molecule has 0 aliphatic heterocycles. The highest BCUT2D eigenvalue weighted by atomic mass is 16.5. The van der Waals surface area contributed by atoms with Gasteiger partial charge in [0.15, 0.2) is 5.82 Å². The van der Waals surface area contributed by atoms with E-state index in [0.717, 1.165) is 28.5 Å². The van der Waals surface area contributed by atoms with Gasteiger partial charge >= 0.3 is 0 Å². The topological polar surface area (TPSA) is 39.4 Å². The lowest BCUT2D eigenvalue weighted by Gasteiger charge is -2.05. The molecule has 3 aromatic heterocycles. The van der Waals surface area contributed by atoms with Gasteiger partial charge in [-0.2, -0.15) is 0 Å². The molecule has 0 aliphatic carbocycles. The second-order valence-electron chi connectivity index (χ2n) is 4.03. The van der Waals surface area contributed by atoms with Crippen molar-refractivity contribution in [3.05, 3.63) is 48.4 Å². The van der Waals surface area contributed by atoms with Gasteiger partial charge in [-0.3, -0.25) is 4.40 Å². The minimum Gasteiger partial charge on any atom is -0.494 e. The third kappa shape index (κ3) is 1.54. The lowest BCUT2D eigenvalue weighted by molar-refractivity contribution is 0.414. The highest BCUT2D eigenvalue weighted by Gasteiger charge is 2.14. The van der Waals surface area contributed by atoms with Crippen molar-refractivity contribution in [1.82, 2.24) is 14.4 Å². The van der Waals surface area contributed by atoms with Crippen LogP contribution in [-0.4, -0.2) is 21.5 Å². The van der Waals surface area contributed by atoms with Crippen LogP contribution in [0.1, 0.15) is 5.69 Å². The number of methoxy groups -OCH3 is 1. The molecular weight excluding hydrogens is 226 g/mol. The van der Waals surface area contributed by atoms with Crippen molar-refractivity contribution in [2.45, 2.75) is 6.92 Å². The van der Waals surface area contributed by atoms with E-state index in [1.165, 1.54) is 0 Å². The summed E-state index contributed by atoms with van der Waals surface area (Å²) in [5.41, 5.74) is 2.83. The Kier molecular flexibility index (Phi) is 2.48. The average Bonchev–Trinajstić information content (AvgIpc) is 2.77. The Labute approximate surface area is 105 Å². The number of hydrogen-bond acceptors (Lipinski definition) is 3. The molecule has 0 fully saturated rings. The number of hydrogen-bond donors (Lipinski definition) is 0. The zero-order valence-corrected chi connectivity index (χ0v) is 10.3. The molecule has 4 nitrogen and oxygen atoms in total. The van der Waals surface area contributed by atoms with E-state index >= 15 is 0 Å². The van der Waals surface area contributed by atoms with Crippen molar-refractivity contribution < 1.29 is 4.74 Å². The monoisotopic (exact) mass is 239 g/mol. The van der Waals surface area contributed by atoms with Crippen LogP contribution in [0.15, 0.2) is 42.7 Å². The Bertz CT molecular complexity index is 703. The molecule has 0 saturated heterocycles. The second-order valence-corrected chi connectivity index (χ2v) is 4.03. The average molecular weight is 239 g/mol. The Hall–Kier alpha value is -2.36. The summed E-state index contributed by atoms with van der Waals surface area (Å²) in [6, 6.07) is 9.77. The van der Waals surface area contributed by atoms with Crippen LogP contribution in [0.2, 0.25) is 0 Å². The van der Waals surface area contributed by atoms with Crippen molar-refractivity contribution in [2.24, 2.45) is 0 Å². The van der Waals surface area contributed by atoms with Crippen LogP contribution < -0.4 is 4.74 Å². The van der Waals surface area contributed by atoms with Gasteiger partial charge in [0, 0.05) is 12.4 Å². The molecule has 0 aromatic carbocycles. The van der Waals surface area contributed by atoms with Gasteiger partial charge in [0.25, 0.3) is 0 Å². The number of rotatable bonds is 2. The molecule has 3 rings (SSSR count). The Morgan fingerprint density at radius 3 is 2.89 bits per heavy atom. The van der Waals surface area contributed by atoms with Gasteiger partial charge in [0.05, 0.1) is 18.3 Å². The van der Waals surface area contributed by atoms with Crippen LogP contribution in [0.3, 0.4) is 0 Å². The van der Waals surface area contributed by atoms with Crippen LogP contribution >= 0.6 is 0 Å². The fourth-order valence-corrected chi connectivity index (χ4v) is 2.08. The van der Waals surface area contributed by atoms with Crippen molar-refractivity contribution in [2.75, 3.05) is 7.11 Å². The first-order chi connectivity index (χ1) is 8.81. The predicted octanol–water partition coefficient (Wildman–Crippen LogP) is 2.71. The minimum absolute atomic E-state index is 0.730. The van der Waals surface area contributed by atoms with Crippen molar-refractivity contribution in [1.29, 1.82) is 0 Å². The summed E-state index contributed by atoms with van der Waals surface area (Å²) in [5.74, 6) is 1.54.